The van der Waals surface area contributed by atoms with Crippen molar-refractivity contribution in [3.05, 3.63) is 0 Å². The summed E-state index contributed by atoms with van der Waals surface area (Å²) >= 11 is 1.82. The summed E-state index contributed by atoms with van der Waals surface area (Å²) in [7, 11) is 0. The van der Waals surface area contributed by atoms with E-state index >= 15 is 0 Å². The van der Waals surface area contributed by atoms with E-state index < -0.39 is 4.02 Å². The summed E-state index contributed by atoms with van der Waals surface area (Å²) in [5.74, 6) is 0. The second kappa shape index (κ2) is 1.96. The molecule has 0 radical (unpaired) electrons. The van der Waals surface area contributed by atoms with Crippen LogP contribution in [0.25, 0.3) is 0 Å². The van der Waals surface area contributed by atoms with Crippen molar-refractivity contribution in [3.63, 3.8) is 0 Å². The molecule has 1 atom stereocenters. The molecule has 0 aliphatic heterocycles. The first-order valence-electron chi connectivity index (χ1n) is 1.48. The van der Waals surface area contributed by atoms with E-state index in [0.717, 1.165) is 0 Å². The highest BCUT2D eigenvalue weighted by Gasteiger charge is 1.70. The van der Waals surface area contributed by atoms with Crippen LogP contribution < -0.4 is 5.73 Å². The molecule has 0 aliphatic carbocycles. The Morgan fingerprint density at radius 3 is 2.50 bits per heavy atom. The first-order valence-corrected chi connectivity index (χ1v) is 2.06. The molecule has 0 heterocycles. The zero-order chi connectivity index (χ0) is 4.50. The van der Waals surface area contributed by atoms with Crippen LogP contribution in [-0.2, 0) is 0 Å². The van der Waals surface area contributed by atoms with Crippen LogP contribution in [0, 0.1) is 0 Å². The topological polar surface area (TPSA) is 26.0 Å². The van der Waals surface area contributed by atoms with Crippen molar-refractivity contribution < 1.29 is 1.37 Å². The Labute approximate surface area is 41.1 Å². The highest BCUT2D eigenvalue weighted by molar-refractivity contribution is 14.1. The highest BCUT2D eigenvalue weighted by Crippen LogP contribution is 1.82. The molecule has 0 saturated carbocycles. The van der Waals surface area contributed by atoms with E-state index in [1.165, 1.54) is 0 Å². The van der Waals surface area contributed by atoms with E-state index in [-0.39, 0.29) is 0 Å². The lowest BCUT2D eigenvalue weighted by atomic mass is 10.8. The quantitative estimate of drug-likeness (QED) is 0.325. The van der Waals surface area contributed by atoms with Crippen molar-refractivity contribution in [2.24, 2.45) is 5.73 Å². The monoisotopic (exact) mass is 172 g/mol. The molecule has 0 rings (SSSR count). The first kappa shape index (κ1) is 2.90. The zero-order valence-corrected chi connectivity index (χ0v) is 4.61. The van der Waals surface area contributed by atoms with E-state index in [2.05, 4.69) is 0 Å². The van der Waals surface area contributed by atoms with Crippen molar-refractivity contribution in [1.29, 1.82) is 0 Å². The summed E-state index contributed by atoms with van der Waals surface area (Å²) in [5, 5.41) is 0. The molecule has 4 heavy (non-hydrogen) atoms. The third-order valence-corrected chi connectivity index (χ3v) is 0. The lowest BCUT2D eigenvalue weighted by Gasteiger charge is -1.78. The van der Waals surface area contributed by atoms with Crippen LogP contribution in [-0.4, -0.2) is 4.02 Å². The molecular formula is C2H6IN. The minimum atomic E-state index is -0.780. The minimum absolute atomic E-state index is 0.780. The summed E-state index contributed by atoms with van der Waals surface area (Å²) in [5.41, 5.74) is 5.01. The van der Waals surface area contributed by atoms with Crippen LogP contribution in [0.1, 0.15) is 8.29 Å². The van der Waals surface area contributed by atoms with E-state index in [1.54, 1.807) is 6.92 Å². The Balaban J connectivity index is 3.02. The molecule has 0 amide bonds. The average Bonchev–Trinajstić information content (AvgIpc) is 0.722. The summed E-state index contributed by atoms with van der Waals surface area (Å²) in [6.45, 7) is 1.62. The van der Waals surface area contributed by atoms with Crippen LogP contribution in [0.15, 0.2) is 0 Å². The SMILES string of the molecule is [2H]C(C)(N)I. The molecule has 2 N–H and O–H groups in total. The van der Waals surface area contributed by atoms with Gasteiger partial charge in [0.05, 0.1) is 5.40 Å². The van der Waals surface area contributed by atoms with Gasteiger partial charge in [0.2, 0.25) is 0 Å². The number of hydrogen-bond donors (Lipinski definition) is 1. The van der Waals surface area contributed by atoms with Gasteiger partial charge < -0.3 is 5.73 Å². The highest BCUT2D eigenvalue weighted by atomic mass is 127. The van der Waals surface area contributed by atoms with Crippen molar-refractivity contribution in [2.45, 2.75) is 10.9 Å². The maximum atomic E-state index is 6.70. The van der Waals surface area contributed by atoms with Crippen molar-refractivity contribution in [1.82, 2.24) is 0 Å². The normalized spacial score (nSPS) is 27.2. The lowest BCUT2D eigenvalue weighted by molar-refractivity contribution is 1.09. The zero-order valence-electron chi connectivity index (χ0n) is 3.46. The molecule has 0 fully saturated rings. The summed E-state index contributed by atoms with van der Waals surface area (Å²) in [6.07, 6.45) is 0. The van der Waals surface area contributed by atoms with E-state index in [1.807, 2.05) is 22.6 Å². The average molecular weight is 172 g/mol. The number of halogens is 1. The minimum Gasteiger partial charge on any atom is -0.320 e. The number of rotatable bonds is 0. The molecule has 26 valence electrons. The predicted molar refractivity (Wildman–Crippen MR) is 27.7 cm³/mol. The van der Waals surface area contributed by atoms with Gasteiger partial charge in [-0.2, -0.15) is 0 Å². The molecule has 0 aromatic heterocycles. The maximum Gasteiger partial charge on any atom is 0.0574 e. The number of alkyl halides is 1. The fraction of sp³-hybridized carbons (Fsp3) is 1.00. The van der Waals surface area contributed by atoms with E-state index in [4.69, 9.17) is 7.10 Å². The largest absolute Gasteiger partial charge is 0.320 e. The second-order valence-corrected chi connectivity index (χ2v) is 2.29. The molecule has 0 aromatic rings. The van der Waals surface area contributed by atoms with Crippen LogP contribution >= 0.6 is 22.6 Å². The van der Waals surface area contributed by atoms with Gasteiger partial charge in [-0.1, -0.05) is 22.6 Å². The number of hydrogen-bond acceptors (Lipinski definition) is 1. The summed E-state index contributed by atoms with van der Waals surface area (Å²) in [4.78, 5) is 0. The van der Waals surface area contributed by atoms with Crippen LogP contribution in [0.4, 0.5) is 0 Å². The molecule has 2 heteroatoms. The third kappa shape index (κ3) is 16.1. The van der Waals surface area contributed by atoms with Crippen LogP contribution in [0.3, 0.4) is 0 Å². The van der Waals surface area contributed by atoms with Crippen LogP contribution in [0.2, 0.25) is 0 Å². The van der Waals surface area contributed by atoms with Gasteiger partial charge in [0, 0.05) is 0 Å². The standard InChI is InChI=1S/C2H6IN/c1-2(3)4/h2H,4H2,1H3/i2D. The fourth-order valence-corrected chi connectivity index (χ4v) is 0. The molecule has 1 nitrogen and oxygen atoms in total. The Kier molecular flexibility index (Phi) is 1.42. The Hall–Kier alpha value is 0.690. The van der Waals surface area contributed by atoms with Gasteiger partial charge in [-0.25, -0.2) is 0 Å². The summed E-state index contributed by atoms with van der Waals surface area (Å²) < 4.78 is 5.92. The van der Waals surface area contributed by atoms with Gasteiger partial charge in [0.25, 0.3) is 0 Å². The van der Waals surface area contributed by atoms with Gasteiger partial charge in [0.15, 0.2) is 0 Å². The molecule has 0 spiro atoms. The van der Waals surface area contributed by atoms with Gasteiger partial charge in [0.1, 0.15) is 0 Å². The molecule has 0 saturated heterocycles. The van der Waals surface area contributed by atoms with Gasteiger partial charge in [-0.3, -0.25) is 0 Å². The van der Waals surface area contributed by atoms with Gasteiger partial charge >= 0.3 is 0 Å². The van der Waals surface area contributed by atoms with E-state index in [9.17, 15) is 0 Å². The fourth-order valence-electron chi connectivity index (χ4n) is 0. The van der Waals surface area contributed by atoms with Crippen molar-refractivity contribution in [3.8, 4) is 0 Å². The Morgan fingerprint density at radius 1 is 2.50 bits per heavy atom. The third-order valence-electron chi connectivity index (χ3n) is 0. The first-order chi connectivity index (χ1) is 2.00. The predicted octanol–water partition coefficient (Wildman–Crippen LogP) is 0.726. The number of nitrogens with two attached hydrogens (primary N) is 1. The van der Waals surface area contributed by atoms with E-state index in [0.29, 0.717) is 0 Å². The Morgan fingerprint density at radius 2 is 2.50 bits per heavy atom. The molecule has 0 bridgehead atoms. The Bertz CT molecular complexity index is 25.1. The lowest BCUT2D eigenvalue weighted by Crippen LogP contribution is -2.02. The molecule has 1 unspecified atom stereocenters. The maximum absolute atomic E-state index is 6.70. The molecule has 0 aromatic carbocycles. The molecule has 0 aliphatic rings. The summed E-state index contributed by atoms with van der Waals surface area (Å²) in [6, 6.07) is 0. The molecular weight excluding hydrogens is 165 g/mol. The second-order valence-electron chi connectivity index (χ2n) is 0.587. The van der Waals surface area contributed by atoms with Crippen molar-refractivity contribution in [2.75, 3.05) is 0 Å². The van der Waals surface area contributed by atoms with Crippen molar-refractivity contribution >= 4 is 22.6 Å². The smallest absolute Gasteiger partial charge is 0.0574 e. The van der Waals surface area contributed by atoms with Gasteiger partial charge in [-0.15, -0.1) is 0 Å². The van der Waals surface area contributed by atoms with Gasteiger partial charge in [-0.05, 0) is 6.92 Å². The van der Waals surface area contributed by atoms with Crippen LogP contribution in [0.5, 0.6) is 0 Å².